The van der Waals surface area contributed by atoms with Crippen molar-refractivity contribution < 1.29 is 14.4 Å². The quantitative estimate of drug-likeness (QED) is 0.251. The first-order valence-electron chi connectivity index (χ1n) is 13.9. The molecule has 1 N–H and O–H groups in total. The molecular weight excluding hydrogens is 602 g/mol. The highest BCUT2D eigenvalue weighted by atomic mass is 35.5. The number of thiazole rings is 1. The summed E-state index contributed by atoms with van der Waals surface area (Å²) in [5, 5.41) is 3.15. The van der Waals surface area contributed by atoms with Crippen LogP contribution in [0.2, 0.25) is 5.02 Å². The number of nitrogens with one attached hydrogen (secondary N) is 1. The average Bonchev–Trinajstić information content (AvgIpc) is 3.40. The fraction of sp³-hybridized carbons (Fsp3) is 0.273. The van der Waals surface area contributed by atoms with Gasteiger partial charge >= 0.3 is 4.87 Å². The van der Waals surface area contributed by atoms with Gasteiger partial charge < -0.3 is 5.32 Å². The molecule has 1 saturated heterocycles. The molecule has 7 nitrogen and oxygen atoms in total. The normalized spacial score (nSPS) is 19.7. The van der Waals surface area contributed by atoms with Crippen LogP contribution in [0.4, 0.5) is 11.4 Å². The zero-order valence-corrected chi connectivity index (χ0v) is 26.5. The Kier molecular flexibility index (Phi) is 7.61. The number of carbonyl (C=O) groups is 3. The first kappa shape index (κ1) is 29.4. The van der Waals surface area contributed by atoms with E-state index in [1.807, 2.05) is 55.5 Å². The van der Waals surface area contributed by atoms with Gasteiger partial charge in [0.1, 0.15) is 11.8 Å². The number of nitrogens with zero attached hydrogens (tertiary/aromatic N) is 2. The molecule has 0 aliphatic carbocycles. The van der Waals surface area contributed by atoms with Gasteiger partial charge in [-0.15, -0.1) is 0 Å². The number of imide groups is 1. The van der Waals surface area contributed by atoms with Crippen LogP contribution in [0.3, 0.4) is 0 Å². The number of halogens is 1. The lowest BCUT2D eigenvalue weighted by Gasteiger charge is -2.31. The van der Waals surface area contributed by atoms with Gasteiger partial charge in [-0.25, -0.2) is 4.90 Å². The largest absolute Gasteiger partial charge is 0.325 e. The topological polar surface area (TPSA) is 88.5 Å². The molecule has 2 aliphatic heterocycles. The number of thioether (sulfide) groups is 1. The third-order valence-electron chi connectivity index (χ3n) is 7.91. The molecule has 4 aromatic rings. The van der Waals surface area contributed by atoms with Crippen LogP contribution in [0.1, 0.15) is 48.3 Å². The number of amides is 3. The van der Waals surface area contributed by atoms with Crippen molar-refractivity contribution in [1.82, 2.24) is 4.57 Å². The Morgan fingerprint density at radius 3 is 2.19 bits per heavy atom. The van der Waals surface area contributed by atoms with Crippen LogP contribution >= 0.6 is 34.7 Å². The molecule has 0 radical (unpaired) electrons. The minimum Gasteiger partial charge on any atom is -0.325 e. The van der Waals surface area contributed by atoms with E-state index in [9.17, 15) is 19.2 Å². The molecule has 0 saturated carbocycles. The Morgan fingerprint density at radius 1 is 0.907 bits per heavy atom. The highest BCUT2D eigenvalue weighted by molar-refractivity contribution is 8.00. The molecule has 1 fully saturated rings. The summed E-state index contributed by atoms with van der Waals surface area (Å²) in [4.78, 5) is 56.1. The van der Waals surface area contributed by atoms with Crippen LogP contribution in [0.25, 0.3) is 0 Å². The minimum atomic E-state index is -0.761. The molecule has 2 aliphatic rings. The van der Waals surface area contributed by atoms with E-state index in [2.05, 4.69) is 26.1 Å². The lowest BCUT2D eigenvalue weighted by atomic mass is 9.81. The summed E-state index contributed by atoms with van der Waals surface area (Å²) in [5.41, 5.74) is 4.06. The average molecular weight is 632 g/mol. The second-order valence-corrected chi connectivity index (χ2v) is 14.5. The third kappa shape index (κ3) is 5.46. The number of aromatic nitrogens is 1. The summed E-state index contributed by atoms with van der Waals surface area (Å²) in [6.45, 7) is 8.14. The fourth-order valence-corrected chi connectivity index (χ4v) is 8.53. The maximum absolute atomic E-state index is 14.1. The molecule has 3 unspecified atom stereocenters. The zero-order valence-electron chi connectivity index (χ0n) is 24.1. The molecule has 3 atom stereocenters. The summed E-state index contributed by atoms with van der Waals surface area (Å²) < 4.78 is 1.43. The molecule has 220 valence electrons. The van der Waals surface area contributed by atoms with Gasteiger partial charge in [-0.2, -0.15) is 0 Å². The Labute approximate surface area is 262 Å². The van der Waals surface area contributed by atoms with Crippen molar-refractivity contribution in [3.63, 3.8) is 0 Å². The van der Waals surface area contributed by atoms with E-state index >= 15 is 0 Å². The zero-order chi connectivity index (χ0) is 30.6. The predicted molar refractivity (Wildman–Crippen MR) is 172 cm³/mol. The van der Waals surface area contributed by atoms with Gasteiger partial charge in [-0.3, -0.25) is 23.7 Å². The predicted octanol–water partition coefficient (Wildman–Crippen LogP) is 6.60. The first-order chi connectivity index (χ1) is 20.4. The summed E-state index contributed by atoms with van der Waals surface area (Å²) in [7, 11) is 0. The van der Waals surface area contributed by atoms with Gasteiger partial charge in [0.2, 0.25) is 17.7 Å². The fourth-order valence-electron chi connectivity index (χ4n) is 5.63. The molecule has 6 rings (SSSR count). The van der Waals surface area contributed by atoms with Crippen LogP contribution in [0.15, 0.2) is 82.6 Å². The lowest BCUT2D eigenvalue weighted by molar-refractivity contribution is -0.122. The molecule has 43 heavy (non-hydrogen) atoms. The molecule has 1 aromatic heterocycles. The summed E-state index contributed by atoms with van der Waals surface area (Å²) >= 11 is 8.32. The number of hydrogen-bond donors (Lipinski definition) is 1. The second-order valence-electron chi connectivity index (χ2n) is 11.9. The maximum Gasteiger partial charge on any atom is 0.308 e. The lowest BCUT2D eigenvalue weighted by Crippen LogP contribution is -2.33. The molecule has 3 heterocycles. The van der Waals surface area contributed by atoms with Gasteiger partial charge in [-0.05, 0) is 59.9 Å². The van der Waals surface area contributed by atoms with Crippen molar-refractivity contribution >= 4 is 63.8 Å². The molecule has 10 heteroatoms. The van der Waals surface area contributed by atoms with Crippen molar-refractivity contribution in [3.05, 3.63) is 109 Å². The Hall–Kier alpha value is -3.66. The molecule has 0 spiro atoms. The SMILES string of the molecule is Cc1ccc(NC(=O)Cn2c3c(sc2=O)C(c2ccc(C(C)(C)C)cc2)C2C(=O)N(c4ccc(Cl)cc4)C(=O)C2S3)cc1. The number of aryl methyl sites for hydroxylation is 1. The van der Waals surface area contributed by atoms with Gasteiger partial charge in [0.25, 0.3) is 0 Å². The Bertz CT molecular complexity index is 1790. The van der Waals surface area contributed by atoms with E-state index in [0.29, 0.717) is 26.3 Å². The van der Waals surface area contributed by atoms with E-state index in [-0.39, 0.29) is 34.6 Å². The van der Waals surface area contributed by atoms with Crippen molar-refractivity contribution in [3.8, 4) is 0 Å². The summed E-state index contributed by atoms with van der Waals surface area (Å²) in [6, 6.07) is 22.1. The van der Waals surface area contributed by atoms with Crippen LogP contribution in [-0.2, 0) is 26.3 Å². The van der Waals surface area contributed by atoms with Crippen LogP contribution in [-0.4, -0.2) is 27.5 Å². The number of fused-ring (bicyclic) bond motifs is 2. The minimum absolute atomic E-state index is 0.0713. The van der Waals surface area contributed by atoms with Gasteiger partial charge in [0.05, 0.1) is 16.6 Å². The Morgan fingerprint density at radius 2 is 1.56 bits per heavy atom. The van der Waals surface area contributed by atoms with Crippen LogP contribution < -0.4 is 15.1 Å². The Balaban J connectivity index is 1.41. The van der Waals surface area contributed by atoms with Gasteiger partial charge in [0, 0.05) is 21.5 Å². The van der Waals surface area contributed by atoms with Crippen molar-refractivity contribution in [1.29, 1.82) is 0 Å². The monoisotopic (exact) mass is 631 g/mol. The van der Waals surface area contributed by atoms with Crippen molar-refractivity contribution in [2.24, 2.45) is 5.92 Å². The summed E-state index contributed by atoms with van der Waals surface area (Å²) in [5.74, 6) is -2.25. The van der Waals surface area contributed by atoms with E-state index < -0.39 is 17.1 Å². The number of hydrogen-bond acceptors (Lipinski definition) is 6. The summed E-state index contributed by atoms with van der Waals surface area (Å²) in [6.07, 6.45) is 0. The van der Waals surface area contributed by atoms with Crippen molar-refractivity contribution in [2.75, 3.05) is 10.2 Å². The second kappa shape index (κ2) is 11.1. The number of carbonyl (C=O) groups excluding carboxylic acids is 3. The number of benzene rings is 3. The van der Waals surface area contributed by atoms with Gasteiger partial charge in [0.15, 0.2) is 0 Å². The van der Waals surface area contributed by atoms with Crippen LogP contribution in [0, 0.1) is 12.8 Å². The smallest absolute Gasteiger partial charge is 0.308 e. The third-order valence-corrected chi connectivity index (χ3v) is 10.8. The highest BCUT2D eigenvalue weighted by Crippen LogP contribution is 2.54. The van der Waals surface area contributed by atoms with E-state index in [4.69, 9.17) is 11.6 Å². The highest BCUT2D eigenvalue weighted by Gasteiger charge is 2.56. The molecule has 3 amide bonds. The van der Waals surface area contributed by atoms with E-state index in [1.165, 1.54) is 21.2 Å². The van der Waals surface area contributed by atoms with E-state index in [0.717, 1.165) is 28.0 Å². The molecule has 3 aromatic carbocycles. The number of anilines is 2. The first-order valence-corrected chi connectivity index (χ1v) is 16.0. The van der Waals surface area contributed by atoms with Gasteiger partial charge in [-0.1, -0.05) is 97.4 Å². The maximum atomic E-state index is 14.1. The molecular formula is C33H30ClN3O4S2. The standard InChI is InChI=1S/C33H30ClN3O4S2/c1-18-5-13-22(14-6-18)35-24(38)17-36-31-28(43-32(36)41)25(19-7-9-20(10-8-19)33(2,3)4)26-27(42-31)30(40)37(29(26)39)23-15-11-21(34)12-16-23/h5-16,25-27H,17H2,1-4H3,(H,35,38). The van der Waals surface area contributed by atoms with E-state index in [1.54, 1.807) is 24.3 Å². The number of rotatable bonds is 5. The molecule has 0 bridgehead atoms. The van der Waals surface area contributed by atoms with Crippen molar-refractivity contribution in [2.45, 2.75) is 55.8 Å². The van der Waals surface area contributed by atoms with Crippen LogP contribution in [0.5, 0.6) is 0 Å².